The molecule has 0 saturated carbocycles. The highest BCUT2D eigenvalue weighted by molar-refractivity contribution is 6.17. The molecule has 0 spiro atoms. The van der Waals surface area contributed by atoms with E-state index < -0.39 is 0 Å². The molecule has 116 valence electrons. The van der Waals surface area contributed by atoms with Crippen molar-refractivity contribution in [3.8, 4) is 0 Å². The van der Waals surface area contributed by atoms with E-state index in [-0.39, 0.29) is 12.4 Å². The average Bonchev–Trinajstić information content (AvgIpc) is 2.66. The predicted octanol–water partition coefficient (Wildman–Crippen LogP) is 3.82. The van der Waals surface area contributed by atoms with Crippen LogP contribution in [0.25, 0.3) is 11.0 Å². The number of hydrogen-bond donors (Lipinski definition) is 0. The molecule has 2 aromatic heterocycles. The fourth-order valence-corrected chi connectivity index (χ4v) is 3.23. The maximum atomic E-state index is 6.16. The zero-order chi connectivity index (χ0) is 14.1. The Kier molecular flexibility index (Phi) is 5.33. The van der Waals surface area contributed by atoms with Crippen molar-refractivity contribution in [2.75, 3.05) is 18.0 Å². The zero-order valence-corrected chi connectivity index (χ0v) is 14.2. The molecule has 1 aliphatic heterocycles. The molecule has 2 aromatic rings. The molecule has 0 radical (unpaired) electrons. The second-order valence-electron chi connectivity index (χ2n) is 5.59. The number of rotatable bonds is 2. The van der Waals surface area contributed by atoms with E-state index in [1.165, 1.54) is 25.7 Å². The Hall–Kier alpha value is -1.00. The van der Waals surface area contributed by atoms with Crippen LogP contribution in [-0.2, 0) is 12.9 Å². The third kappa shape index (κ3) is 3.11. The molecular formula is C15H22Cl2N4. The number of aryl methyl sites for hydroxylation is 2. The van der Waals surface area contributed by atoms with E-state index in [0.717, 1.165) is 41.2 Å². The molecule has 6 heteroatoms. The molecule has 21 heavy (non-hydrogen) atoms. The number of anilines is 1. The lowest BCUT2D eigenvalue weighted by Gasteiger charge is -2.23. The van der Waals surface area contributed by atoms with Gasteiger partial charge in [0.05, 0.1) is 11.6 Å². The number of fused-ring (bicyclic) bond motifs is 1. The summed E-state index contributed by atoms with van der Waals surface area (Å²) in [5, 5.41) is 5.58. The standard InChI is InChI=1S/C15H21ClN4.ClH/c1-11-13-9-12(10-16)14(17-15(13)19(2)18-11)20-7-5-3-4-6-8-20;/h9H,3-8,10H2,1-2H3;1H. The highest BCUT2D eigenvalue weighted by Gasteiger charge is 2.18. The van der Waals surface area contributed by atoms with E-state index in [0.29, 0.717) is 5.88 Å². The van der Waals surface area contributed by atoms with Crippen LogP contribution in [0, 0.1) is 6.92 Å². The molecule has 0 amide bonds. The minimum Gasteiger partial charge on any atom is -0.356 e. The van der Waals surface area contributed by atoms with Crippen molar-refractivity contribution in [1.82, 2.24) is 14.8 Å². The van der Waals surface area contributed by atoms with Gasteiger partial charge in [-0.1, -0.05) is 12.8 Å². The van der Waals surface area contributed by atoms with E-state index in [9.17, 15) is 0 Å². The third-order valence-corrected chi connectivity index (χ3v) is 4.39. The first-order valence-electron chi connectivity index (χ1n) is 7.35. The summed E-state index contributed by atoms with van der Waals surface area (Å²) in [6.07, 6.45) is 5.12. The lowest BCUT2D eigenvalue weighted by atomic mass is 10.2. The predicted molar refractivity (Wildman–Crippen MR) is 90.7 cm³/mol. The molecule has 1 aliphatic rings. The van der Waals surface area contributed by atoms with Crippen molar-refractivity contribution in [2.24, 2.45) is 7.05 Å². The first-order valence-corrected chi connectivity index (χ1v) is 7.88. The second-order valence-corrected chi connectivity index (χ2v) is 5.85. The number of alkyl halides is 1. The largest absolute Gasteiger partial charge is 0.356 e. The van der Waals surface area contributed by atoms with Gasteiger partial charge in [-0.3, -0.25) is 4.68 Å². The summed E-state index contributed by atoms with van der Waals surface area (Å²) in [5.41, 5.74) is 3.09. The van der Waals surface area contributed by atoms with Crippen molar-refractivity contribution >= 4 is 40.9 Å². The average molecular weight is 329 g/mol. The van der Waals surface area contributed by atoms with Crippen LogP contribution in [0.2, 0.25) is 0 Å². The van der Waals surface area contributed by atoms with E-state index >= 15 is 0 Å². The number of pyridine rings is 1. The van der Waals surface area contributed by atoms with Gasteiger partial charge in [-0.15, -0.1) is 24.0 Å². The third-order valence-electron chi connectivity index (χ3n) is 4.10. The Bertz CT molecular complexity index is 616. The molecule has 0 aromatic carbocycles. The summed E-state index contributed by atoms with van der Waals surface area (Å²) in [4.78, 5) is 7.27. The summed E-state index contributed by atoms with van der Waals surface area (Å²) in [5.74, 6) is 1.56. The van der Waals surface area contributed by atoms with Gasteiger partial charge in [0.15, 0.2) is 5.65 Å². The van der Waals surface area contributed by atoms with E-state index in [1.54, 1.807) is 0 Å². The van der Waals surface area contributed by atoms with Crippen LogP contribution in [0.5, 0.6) is 0 Å². The molecule has 1 saturated heterocycles. The fraction of sp³-hybridized carbons (Fsp3) is 0.600. The Morgan fingerprint density at radius 2 is 1.86 bits per heavy atom. The van der Waals surface area contributed by atoms with Crippen molar-refractivity contribution in [1.29, 1.82) is 0 Å². The SMILES string of the molecule is Cc1nn(C)c2nc(N3CCCCCC3)c(CCl)cc12.Cl. The topological polar surface area (TPSA) is 34.0 Å². The number of aromatic nitrogens is 3. The maximum Gasteiger partial charge on any atom is 0.160 e. The molecule has 3 heterocycles. The summed E-state index contributed by atoms with van der Waals surface area (Å²) in [6.45, 7) is 4.19. The van der Waals surface area contributed by atoms with Crippen molar-refractivity contribution in [3.05, 3.63) is 17.3 Å². The summed E-state index contributed by atoms with van der Waals surface area (Å²) in [7, 11) is 1.95. The van der Waals surface area contributed by atoms with Gasteiger partial charge in [-0.05, 0) is 25.8 Å². The van der Waals surface area contributed by atoms with E-state index in [2.05, 4.69) is 16.1 Å². The molecule has 0 N–H and O–H groups in total. The van der Waals surface area contributed by atoms with Crippen LogP contribution in [0.4, 0.5) is 5.82 Å². The first-order chi connectivity index (χ1) is 9.70. The summed E-state index contributed by atoms with van der Waals surface area (Å²) in [6, 6.07) is 2.16. The van der Waals surface area contributed by atoms with E-state index in [1.807, 2.05) is 18.7 Å². The molecule has 0 unspecified atom stereocenters. The monoisotopic (exact) mass is 328 g/mol. The first kappa shape index (κ1) is 16.4. The molecule has 0 aliphatic carbocycles. The van der Waals surface area contributed by atoms with E-state index in [4.69, 9.17) is 16.6 Å². The van der Waals surface area contributed by atoms with Crippen LogP contribution < -0.4 is 4.90 Å². The van der Waals surface area contributed by atoms with Gasteiger partial charge in [-0.2, -0.15) is 5.10 Å². The maximum absolute atomic E-state index is 6.16. The van der Waals surface area contributed by atoms with Gasteiger partial charge in [0.1, 0.15) is 5.82 Å². The van der Waals surface area contributed by atoms with Crippen LogP contribution in [0.1, 0.15) is 36.9 Å². The molecule has 0 bridgehead atoms. The zero-order valence-electron chi connectivity index (χ0n) is 12.6. The highest BCUT2D eigenvalue weighted by atomic mass is 35.5. The number of nitrogens with zero attached hydrogens (tertiary/aromatic N) is 4. The Morgan fingerprint density at radius 1 is 1.19 bits per heavy atom. The minimum atomic E-state index is 0. The van der Waals surface area contributed by atoms with Crippen LogP contribution >= 0.6 is 24.0 Å². The highest BCUT2D eigenvalue weighted by Crippen LogP contribution is 2.28. The van der Waals surface area contributed by atoms with Gasteiger partial charge in [0.2, 0.25) is 0 Å². The fourth-order valence-electron chi connectivity index (χ4n) is 3.03. The van der Waals surface area contributed by atoms with Crippen molar-refractivity contribution < 1.29 is 0 Å². The Balaban J connectivity index is 0.00000161. The van der Waals surface area contributed by atoms with Gasteiger partial charge >= 0.3 is 0 Å². The Morgan fingerprint density at radius 3 is 2.48 bits per heavy atom. The number of hydrogen-bond acceptors (Lipinski definition) is 3. The van der Waals surface area contributed by atoms with Crippen molar-refractivity contribution in [3.63, 3.8) is 0 Å². The quantitative estimate of drug-likeness (QED) is 0.786. The molecule has 4 nitrogen and oxygen atoms in total. The minimum absolute atomic E-state index is 0. The van der Waals surface area contributed by atoms with Crippen molar-refractivity contribution in [2.45, 2.75) is 38.5 Å². The second kappa shape index (κ2) is 6.84. The van der Waals surface area contributed by atoms with Gasteiger partial charge < -0.3 is 4.90 Å². The molecule has 1 fully saturated rings. The van der Waals surface area contributed by atoms with Crippen LogP contribution in [-0.4, -0.2) is 27.9 Å². The van der Waals surface area contributed by atoms with Gasteiger partial charge in [0, 0.05) is 31.1 Å². The molecular weight excluding hydrogens is 307 g/mol. The number of halogens is 2. The van der Waals surface area contributed by atoms with Gasteiger partial charge in [0.25, 0.3) is 0 Å². The lowest BCUT2D eigenvalue weighted by Crippen LogP contribution is -2.26. The smallest absolute Gasteiger partial charge is 0.160 e. The summed E-state index contributed by atoms with van der Waals surface area (Å²) < 4.78 is 1.87. The lowest BCUT2D eigenvalue weighted by molar-refractivity contribution is 0.726. The Labute approximate surface area is 136 Å². The normalized spacial score (nSPS) is 15.9. The molecule has 3 rings (SSSR count). The van der Waals surface area contributed by atoms with Gasteiger partial charge in [-0.25, -0.2) is 4.98 Å². The summed E-state index contributed by atoms with van der Waals surface area (Å²) >= 11 is 6.16. The van der Waals surface area contributed by atoms with Crippen LogP contribution in [0.15, 0.2) is 6.07 Å². The van der Waals surface area contributed by atoms with Crippen LogP contribution in [0.3, 0.4) is 0 Å². The molecule has 0 atom stereocenters.